The molecular weight excluding hydrogens is 266 g/mol. The second-order valence-electron chi connectivity index (χ2n) is 6.34. The Morgan fingerprint density at radius 2 is 2.35 bits per heavy atom. The number of rotatable bonds is 5. The number of hydrogen-bond donors (Lipinski definition) is 1. The minimum absolute atomic E-state index is 0.299. The quantitative estimate of drug-likeness (QED) is 0.905. The molecule has 0 amide bonds. The molecule has 1 aromatic heterocycles. The third-order valence-electron chi connectivity index (χ3n) is 4.55. The van der Waals surface area contributed by atoms with Gasteiger partial charge in [-0.2, -0.15) is 5.26 Å². The van der Waals surface area contributed by atoms with Crippen molar-refractivity contribution in [3.05, 3.63) is 21.9 Å². The molecule has 0 aromatic carbocycles. The van der Waals surface area contributed by atoms with Crippen molar-refractivity contribution in [2.75, 3.05) is 20.6 Å². The summed E-state index contributed by atoms with van der Waals surface area (Å²) in [4.78, 5) is 3.66. The molecule has 1 heterocycles. The summed E-state index contributed by atoms with van der Waals surface area (Å²) in [5.74, 6) is 0.819. The molecule has 1 saturated carbocycles. The minimum Gasteiger partial charge on any atom is -0.310 e. The summed E-state index contributed by atoms with van der Waals surface area (Å²) in [6, 6.07) is 4.18. The van der Waals surface area contributed by atoms with Gasteiger partial charge in [0.25, 0.3) is 0 Å². The lowest BCUT2D eigenvalue weighted by molar-refractivity contribution is 0.0750. The molecule has 0 aliphatic heterocycles. The molecule has 3 nitrogen and oxygen atoms in total. The number of nitrogens with one attached hydrogen (secondary N) is 1. The lowest BCUT2D eigenvalue weighted by Crippen LogP contribution is -2.54. The Balaban J connectivity index is 1.91. The molecule has 0 radical (unpaired) electrons. The smallest absolute Gasteiger partial charge is 0.100 e. The van der Waals surface area contributed by atoms with Gasteiger partial charge >= 0.3 is 0 Å². The number of thiophene rings is 1. The zero-order valence-corrected chi connectivity index (χ0v) is 13.6. The highest BCUT2D eigenvalue weighted by molar-refractivity contribution is 7.10. The number of nitrogens with zero attached hydrogens (tertiary/aromatic N) is 2. The fourth-order valence-corrected chi connectivity index (χ4v) is 4.09. The van der Waals surface area contributed by atoms with Crippen LogP contribution in [0.5, 0.6) is 0 Å². The molecule has 0 bridgehead atoms. The first-order chi connectivity index (χ1) is 9.55. The van der Waals surface area contributed by atoms with E-state index in [0.717, 1.165) is 24.6 Å². The lowest BCUT2D eigenvalue weighted by Gasteiger charge is -2.45. The van der Waals surface area contributed by atoms with Crippen LogP contribution in [0, 0.1) is 17.2 Å². The first kappa shape index (κ1) is 15.5. The topological polar surface area (TPSA) is 39.1 Å². The highest BCUT2D eigenvalue weighted by atomic mass is 32.1. The molecule has 20 heavy (non-hydrogen) atoms. The van der Waals surface area contributed by atoms with E-state index >= 15 is 0 Å². The fraction of sp³-hybridized carbons (Fsp3) is 0.688. The average molecular weight is 291 g/mol. The van der Waals surface area contributed by atoms with Crippen molar-refractivity contribution >= 4 is 11.3 Å². The lowest BCUT2D eigenvalue weighted by atomic mass is 9.75. The standard InChI is InChI=1S/C16H25N3S/c1-13-5-4-6-16(8-13,19(2)3)12-18-10-15-7-14(9-17)11-20-15/h7,11,13,18H,4-6,8,10,12H2,1-3H3. The van der Waals surface area contributed by atoms with Gasteiger partial charge in [-0.25, -0.2) is 0 Å². The largest absolute Gasteiger partial charge is 0.310 e. The Morgan fingerprint density at radius 1 is 1.55 bits per heavy atom. The van der Waals surface area contributed by atoms with Crippen molar-refractivity contribution in [1.82, 2.24) is 10.2 Å². The van der Waals surface area contributed by atoms with Gasteiger partial charge in [0.15, 0.2) is 0 Å². The van der Waals surface area contributed by atoms with Crippen molar-refractivity contribution in [3.63, 3.8) is 0 Å². The van der Waals surface area contributed by atoms with Crippen LogP contribution in [0.3, 0.4) is 0 Å². The third kappa shape index (κ3) is 3.60. The zero-order chi connectivity index (χ0) is 14.6. The van der Waals surface area contributed by atoms with Crippen molar-refractivity contribution in [1.29, 1.82) is 5.26 Å². The summed E-state index contributed by atoms with van der Waals surface area (Å²) in [5, 5.41) is 14.4. The van der Waals surface area contributed by atoms with Crippen LogP contribution in [0.4, 0.5) is 0 Å². The Hall–Kier alpha value is -0.890. The fourth-order valence-electron chi connectivity index (χ4n) is 3.31. The molecule has 2 unspecified atom stereocenters. The second-order valence-corrected chi connectivity index (χ2v) is 7.33. The summed E-state index contributed by atoms with van der Waals surface area (Å²) >= 11 is 1.67. The predicted molar refractivity (Wildman–Crippen MR) is 84.8 cm³/mol. The summed E-state index contributed by atoms with van der Waals surface area (Å²) in [6.45, 7) is 4.27. The molecule has 0 spiro atoms. The van der Waals surface area contributed by atoms with E-state index in [2.05, 4.69) is 37.3 Å². The second kappa shape index (κ2) is 6.71. The van der Waals surface area contributed by atoms with Crippen molar-refractivity contribution in [2.24, 2.45) is 5.92 Å². The molecule has 2 rings (SSSR count). The van der Waals surface area contributed by atoms with Crippen LogP contribution in [-0.4, -0.2) is 31.1 Å². The first-order valence-electron chi connectivity index (χ1n) is 7.41. The van der Waals surface area contributed by atoms with Gasteiger partial charge in [-0.1, -0.05) is 19.8 Å². The van der Waals surface area contributed by atoms with Gasteiger partial charge in [0.05, 0.1) is 5.56 Å². The summed E-state index contributed by atoms with van der Waals surface area (Å²) in [6.07, 6.45) is 5.26. The van der Waals surface area contributed by atoms with Gasteiger partial charge in [0, 0.05) is 28.9 Å². The van der Waals surface area contributed by atoms with Crippen molar-refractivity contribution in [3.8, 4) is 6.07 Å². The Labute approximate surface area is 126 Å². The van der Waals surface area contributed by atoms with Crippen molar-refractivity contribution < 1.29 is 0 Å². The van der Waals surface area contributed by atoms with Crippen LogP contribution in [0.2, 0.25) is 0 Å². The van der Waals surface area contributed by atoms with Gasteiger partial charge < -0.3 is 10.2 Å². The maximum Gasteiger partial charge on any atom is 0.100 e. The average Bonchev–Trinajstić information content (AvgIpc) is 2.86. The van der Waals surface area contributed by atoms with E-state index < -0.39 is 0 Å². The van der Waals surface area contributed by atoms with E-state index in [1.165, 1.54) is 30.6 Å². The van der Waals surface area contributed by atoms with E-state index in [9.17, 15) is 0 Å². The van der Waals surface area contributed by atoms with Gasteiger partial charge in [-0.15, -0.1) is 11.3 Å². The normalized spacial score (nSPS) is 26.6. The van der Waals surface area contributed by atoms with Gasteiger partial charge in [-0.3, -0.25) is 0 Å². The number of hydrogen-bond acceptors (Lipinski definition) is 4. The van der Waals surface area contributed by atoms with E-state index in [1.54, 1.807) is 11.3 Å². The van der Waals surface area contributed by atoms with Crippen molar-refractivity contribution in [2.45, 2.75) is 44.7 Å². The van der Waals surface area contributed by atoms with E-state index in [4.69, 9.17) is 5.26 Å². The molecule has 1 aromatic rings. The van der Waals surface area contributed by atoms with Gasteiger partial charge in [0.1, 0.15) is 6.07 Å². The molecule has 1 aliphatic rings. The predicted octanol–water partition coefficient (Wildman–Crippen LogP) is 3.22. The van der Waals surface area contributed by atoms with Gasteiger partial charge in [-0.05, 0) is 38.9 Å². The van der Waals surface area contributed by atoms with Crippen LogP contribution in [0.25, 0.3) is 0 Å². The highest BCUT2D eigenvalue weighted by Gasteiger charge is 2.36. The van der Waals surface area contributed by atoms with E-state index in [1.807, 2.05) is 11.4 Å². The van der Waals surface area contributed by atoms with Crippen LogP contribution in [-0.2, 0) is 6.54 Å². The minimum atomic E-state index is 0.299. The Morgan fingerprint density at radius 3 is 2.95 bits per heavy atom. The molecule has 1 fully saturated rings. The molecule has 0 saturated heterocycles. The monoisotopic (exact) mass is 291 g/mol. The van der Waals surface area contributed by atoms with E-state index in [-0.39, 0.29) is 0 Å². The highest BCUT2D eigenvalue weighted by Crippen LogP contribution is 2.35. The number of nitriles is 1. The molecule has 1 N–H and O–H groups in total. The molecular formula is C16H25N3S. The zero-order valence-electron chi connectivity index (χ0n) is 12.8. The maximum absolute atomic E-state index is 8.85. The maximum atomic E-state index is 8.85. The summed E-state index contributed by atoms with van der Waals surface area (Å²) in [7, 11) is 4.41. The van der Waals surface area contributed by atoms with Crippen LogP contribution in [0.1, 0.15) is 43.0 Å². The van der Waals surface area contributed by atoms with Crippen LogP contribution in [0.15, 0.2) is 11.4 Å². The first-order valence-corrected chi connectivity index (χ1v) is 8.29. The third-order valence-corrected chi connectivity index (χ3v) is 5.49. The van der Waals surface area contributed by atoms with Gasteiger partial charge in [0.2, 0.25) is 0 Å². The molecule has 110 valence electrons. The summed E-state index contributed by atoms with van der Waals surface area (Å²) < 4.78 is 0. The number of likely N-dealkylation sites (N-methyl/N-ethyl adjacent to an activating group) is 1. The SMILES string of the molecule is CC1CCCC(CNCc2cc(C#N)cs2)(N(C)C)C1. The molecule has 2 atom stereocenters. The Bertz CT molecular complexity index is 474. The molecule has 1 aliphatic carbocycles. The van der Waals surface area contributed by atoms with Crippen LogP contribution < -0.4 is 5.32 Å². The Kier molecular flexibility index (Phi) is 5.20. The molecule has 4 heteroatoms. The van der Waals surface area contributed by atoms with Crippen LogP contribution >= 0.6 is 11.3 Å². The summed E-state index contributed by atoms with van der Waals surface area (Å²) in [5.41, 5.74) is 1.08. The van der Waals surface area contributed by atoms with E-state index in [0.29, 0.717) is 5.54 Å².